The fourth-order valence-electron chi connectivity index (χ4n) is 2.79. The summed E-state index contributed by atoms with van der Waals surface area (Å²) in [5.41, 5.74) is 8.46. The summed E-state index contributed by atoms with van der Waals surface area (Å²) < 4.78 is 1.70. The minimum Gasteiger partial charge on any atom is -0.381 e. The van der Waals surface area contributed by atoms with Gasteiger partial charge in [0.1, 0.15) is 6.10 Å². The summed E-state index contributed by atoms with van der Waals surface area (Å²) in [6, 6.07) is 3.56. The van der Waals surface area contributed by atoms with Crippen LogP contribution >= 0.6 is 0 Å². The number of aliphatic hydroxyl groups is 1. The lowest BCUT2D eigenvalue weighted by atomic mass is 9.95. The summed E-state index contributed by atoms with van der Waals surface area (Å²) in [6.45, 7) is 1.61. The first-order chi connectivity index (χ1) is 11.1. The number of fused-ring (bicyclic) bond motifs is 1. The Labute approximate surface area is 134 Å². The third-order valence-electron chi connectivity index (χ3n) is 3.80. The molecule has 6 nitrogen and oxygen atoms in total. The molecule has 0 bridgehead atoms. The molecule has 2 heterocycles. The number of hydrogen-bond donors (Lipinski definition) is 2. The maximum atomic E-state index is 11.6. The molecule has 2 aromatic rings. The molecule has 0 saturated heterocycles. The fraction of sp³-hybridized carbons (Fsp3) is 0.353. The first-order valence-corrected chi connectivity index (χ1v) is 7.63. The van der Waals surface area contributed by atoms with Crippen LogP contribution in [0, 0.1) is 11.8 Å². The van der Waals surface area contributed by atoms with Crippen LogP contribution in [0.15, 0.2) is 18.3 Å². The van der Waals surface area contributed by atoms with Gasteiger partial charge in [0.15, 0.2) is 11.5 Å². The van der Waals surface area contributed by atoms with Gasteiger partial charge in [0.2, 0.25) is 0 Å². The molecule has 1 atom stereocenters. The normalized spacial score (nSPS) is 14.5. The molecule has 118 valence electrons. The van der Waals surface area contributed by atoms with E-state index in [1.807, 2.05) is 0 Å². The lowest BCUT2D eigenvalue weighted by molar-refractivity contribution is 0.0994. The van der Waals surface area contributed by atoms with Crippen molar-refractivity contribution in [2.75, 3.05) is 0 Å². The fourth-order valence-corrected chi connectivity index (χ4v) is 2.79. The summed E-state index contributed by atoms with van der Waals surface area (Å²) in [5, 5.41) is 13.6. The summed E-state index contributed by atoms with van der Waals surface area (Å²) >= 11 is 0. The van der Waals surface area contributed by atoms with Crippen LogP contribution in [0.5, 0.6) is 0 Å². The smallest absolute Gasteiger partial charge is 0.269 e. The summed E-state index contributed by atoms with van der Waals surface area (Å²) in [5.74, 6) is 5.69. The molecule has 1 aliphatic carbocycles. The van der Waals surface area contributed by atoms with Crippen molar-refractivity contribution in [1.29, 1.82) is 0 Å². The van der Waals surface area contributed by atoms with Gasteiger partial charge in [-0.25, -0.2) is 9.67 Å². The number of aliphatic hydroxyl groups excluding tert-OH is 1. The van der Waals surface area contributed by atoms with Gasteiger partial charge >= 0.3 is 0 Å². The number of nitrogens with zero attached hydrogens (tertiary/aromatic N) is 3. The second-order valence-corrected chi connectivity index (χ2v) is 5.61. The van der Waals surface area contributed by atoms with E-state index in [9.17, 15) is 9.90 Å². The zero-order chi connectivity index (χ0) is 16.4. The second-order valence-electron chi connectivity index (χ2n) is 5.61. The zero-order valence-electron chi connectivity index (χ0n) is 12.9. The highest BCUT2D eigenvalue weighted by molar-refractivity contribution is 5.92. The Morgan fingerprint density at radius 1 is 1.43 bits per heavy atom. The van der Waals surface area contributed by atoms with E-state index in [0.29, 0.717) is 11.5 Å². The molecule has 6 heteroatoms. The zero-order valence-corrected chi connectivity index (χ0v) is 12.9. The van der Waals surface area contributed by atoms with Crippen LogP contribution < -0.4 is 5.73 Å². The second kappa shape index (κ2) is 6.23. The highest BCUT2D eigenvalue weighted by Crippen LogP contribution is 2.26. The van der Waals surface area contributed by atoms with Gasteiger partial charge in [0.05, 0.1) is 5.69 Å². The Kier molecular flexibility index (Phi) is 4.13. The molecule has 2 aromatic heterocycles. The van der Waals surface area contributed by atoms with Crippen LogP contribution in [0.4, 0.5) is 0 Å². The molecule has 1 aliphatic rings. The van der Waals surface area contributed by atoms with Crippen LogP contribution in [-0.4, -0.2) is 31.9 Å². The Balaban J connectivity index is 2.07. The summed E-state index contributed by atoms with van der Waals surface area (Å²) in [7, 11) is 0. The molecule has 0 spiro atoms. The summed E-state index contributed by atoms with van der Waals surface area (Å²) in [6.07, 6.45) is 4.70. The van der Waals surface area contributed by atoms with Gasteiger partial charge in [-0.2, -0.15) is 5.10 Å². The lowest BCUT2D eigenvalue weighted by Gasteiger charge is -2.13. The van der Waals surface area contributed by atoms with E-state index in [4.69, 9.17) is 5.73 Å². The number of hydrogen-bond acceptors (Lipinski definition) is 4. The number of nitrogens with two attached hydrogens (primary N) is 1. The third kappa shape index (κ3) is 3.10. The molecular weight excluding hydrogens is 292 g/mol. The maximum Gasteiger partial charge on any atom is 0.269 e. The lowest BCUT2D eigenvalue weighted by Crippen LogP contribution is -2.15. The topological polar surface area (TPSA) is 94.0 Å². The van der Waals surface area contributed by atoms with E-state index in [1.165, 1.54) is 0 Å². The Morgan fingerprint density at radius 3 is 2.96 bits per heavy atom. The van der Waals surface area contributed by atoms with Gasteiger partial charge in [-0.15, -0.1) is 0 Å². The number of primary amides is 1. The quantitative estimate of drug-likeness (QED) is 0.808. The minimum atomic E-state index is -0.689. The van der Waals surface area contributed by atoms with E-state index in [-0.39, 0.29) is 0 Å². The van der Waals surface area contributed by atoms with Gasteiger partial charge in [0.25, 0.3) is 5.91 Å². The third-order valence-corrected chi connectivity index (χ3v) is 3.80. The molecule has 0 unspecified atom stereocenters. The predicted molar refractivity (Wildman–Crippen MR) is 85.1 cm³/mol. The number of pyridine rings is 1. The average molecular weight is 310 g/mol. The minimum absolute atomic E-state index is 0.335. The maximum absolute atomic E-state index is 11.6. The largest absolute Gasteiger partial charge is 0.381 e. The van der Waals surface area contributed by atoms with Crippen LogP contribution in [-0.2, 0) is 12.8 Å². The van der Waals surface area contributed by atoms with Crippen molar-refractivity contribution >= 4 is 5.91 Å². The number of rotatable bonds is 2. The molecule has 3 N–H and O–H groups in total. The number of aromatic nitrogens is 3. The van der Waals surface area contributed by atoms with Crippen molar-refractivity contribution in [2.45, 2.75) is 38.7 Å². The van der Waals surface area contributed by atoms with E-state index in [1.54, 1.807) is 29.9 Å². The molecular formula is C17H18N4O2. The number of amides is 1. The Hall–Kier alpha value is -2.65. The highest BCUT2D eigenvalue weighted by Gasteiger charge is 2.24. The van der Waals surface area contributed by atoms with Gasteiger partial charge < -0.3 is 10.8 Å². The SMILES string of the molecule is C[C@@H](O)C#Cc1ccnc(-n2nc(C(N)=O)c3c2CCCC3)c1. The van der Waals surface area contributed by atoms with E-state index >= 15 is 0 Å². The monoisotopic (exact) mass is 310 g/mol. The first-order valence-electron chi connectivity index (χ1n) is 7.63. The molecule has 0 aromatic carbocycles. The van der Waals surface area contributed by atoms with E-state index in [0.717, 1.165) is 42.5 Å². The van der Waals surface area contributed by atoms with Crippen LogP contribution in [0.1, 0.15) is 47.1 Å². The predicted octanol–water partition coefficient (Wildman–Crippen LogP) is 0.977. The summed E-state index contributed by atoms with van der Waals surface area (Å²) in [4.78, 5) is 16.0. The van der Waals surface area contributed by atoms with Crippen molar-refractivity contribution in [3.63, 3.8) is 0 Å². The highest BCUT2D eigenvalue weighted by atomic mass is 16.3. The first kappa shape index (κ1) is 15.3. The van der Waals surface area contributed by atoms with Gasteiger partial charge in [-0.05, 0) is 44.7 Å². The van der Waals surface area contributed by atoms with Gasteiger partial charge in [0, 0.05) is 17.3 Å². The molecule has 0 aliphatic heterocycles. The van der Waals surface area contributed by atoms with Crippen molar-refractivity contribution in [1.82, 2.24) is 14.8 Å². The van der Waals surface area contributed by atoms with Gasteiger partial charge in [-0.1, -0.05) is 11.8 Å². The molecule has 0 saturated carbocycles. The molecule has 0 fully saturated rings. The Morgan fingerprint density at radius 2 is 2.22 bits per heavy atom. The molecule has 23 heavy (non-hydrogen) atoms. The molecule has 3 rings (SSSR count). The number of carbonyl (C=O) groups excluding carboxylic acids is 1. The molecule has 0 radical (unpaired) electrons. The van der Waals surface area contributed by atoms with Crippen LogP contribution in [0.2, 0.25) is 0 Å². The molecule has 1 amide bonds. The Bertz CT molecular complexity index is 812. The van der Waals surface area contributed by atoms with Crippen molar-refractivity contribution in [2.24, 2.45) is 5.73 Å². The van der Waals surface area contributed by atoms with E-state index in [2.05, 4.69) is 21.9 Å². The van der Waals surface area contributed by atoms with Crippen LogP contribution in [0.3, 0.4) is 0 Å². The average Bonchev–Trinajstić information content (AvgIpc) is 2.93. The van der Waals surface area contributed by atoms with Crippen LogP contribution in [0.25, 0.3) is 5.82 Å². The van der Waals surface area contributed by atoms with Crippen molar-refractivity contribution < 1.29 is 9.90 Å². The standard InChI is InChI=1S/C17H18N4O2/c1-11(22)6-7-12-8-9-19-15(10-12)21-14-5-3-2-4-13(14)16(20-21)17(18)23/h8-11,22H,2-5H2,1H3,(H2,18,23)/t11-/m1/s1. The number of carbonyl (C=O) groups is 1. The van der Waals surface area contributed by atoms with Crippen molar-refractivity contribution in [3.05, 3.63) is 40.8 Å². The van der Waals surface area contributed by atoms with Crippen molar-refractivity contribution in [3.8, 4) is 17.7 Å². The van der Waals surface area contributed by atoms with Gasteiger partial charge in [-0.3, -0.25) is 4.79 Å². The van der Waals surface area contributed by atoms with E-state index < -0.39 is 12.0 Å².